The molecule has 1 aliphatic heterocycles. The van der Waals surface area contributed by atoms with Crippen LogP contribution in [0.3, 0.4) is 0 Å². The molecule has 150 valence electrons. The van der Waals surface area contributed by atoms with Crippen LogP contribution in [0.4, 0.5) is 4.79 Å². The Balaban J connectivity index is 1.53. The molecule has 3 rings (SSSR count). The topological polar surface area (TPSA) is 44.8 Å². The van der Waals surface area contributed by atoms with Crippen LogP contribution >= 0.6 is 0 Å². The van der Waals surface area contributed by atoms with Gasteiger partial charge in [-0.05, 0) is 28.7 Å². The standard InChI is InChI=1S/C23H31N3O2/c1-3-19-8-10-20(11-9-19)17-25(2)23(27)24-16-21-6-4-5-7-22(21)18-26-12-14-28-15-13-26/h4-11H,3,12-18H2,1-2H3,(H,24,27). The molecule has 1 N–H and O–H groups in total. The van der Waals surface area contributed by atoms with Gasteiger partial charge >= 0.3 is 6.03 Å². The molecule has 0 radical (unpaired) electrons. The summed E-state index contributed by atoms with van der Waals surface area (Å²) in [5.74, 6) is 0. The smallest absolute Gasteiger partial charge is 0.317 e. The number of aryl methyl sites for hydroxylation is 1. The largest absolute Gasteiger partial charge is 0.379 e. The van der Waals surface area contributed by atoms with Crippen molar-refractivity contribution in [2.75, 3.05) is 33.4 Å². The average Bonchev–Trinajstić information content (AvgIpc) is 2.74. The number of morpholine rings is 1. The summed E-state index contributed by atoms with van der Waals surface area (Å²) in [5, 5.41) is 3.06. The molecule has 2 aromatic rings. The van der Waals surface area contributed by atoms with Gasteiger partial charge in [0.1, 0.15) is 0 Å². The van der Waals surface area contributed by atoms with Crippen molar-refractivity contribution in [2.45, 2.75) is 33.0 Å². The number of carbonyl (C=O) groups is 1. The van der Waals surface area contributed by atoms with Gasteiger partial charge in [-0.1, -0.05) is 55.5 Å². The first-order chi connectivity index (χ1) is 13.7. The number of hydrogen-bond acceptors (Lipinski definition) is 3. The average molecular weight is 382 g/mol. The Bertz CT molecular complexity index is 755. The minimum absolute atomic E-state index is 0.0549. The van der Waals surface area contributed by atoms with E-state index in [1.165, 1.54) is 16.7 Å². The van der Waals surface area contributed by atoms with E-state index >= 15 is 0 Å². The molecule has 5 nitrogen and oxygen atoms in total. The van der Waals surface area contributed by atoms with Crippen molar-refractivity contribution in [3.63, 3.8) is 0 Å². The van der Waals surface area contributed by atoms with Gasteiger partial charge in [-0.2, -0.15) is 0 Å². The second-order valence-corrected chi connectivity index (χ2v) is 7.34. The highest BCUT2D eigenvalue weighted by Crippen LogP contribution is 2.13. The van der Waals surface area contributed by atoms with Gasteiger partial charge in [0.2, 0.25) is 0 Å². The number of nitrogens with one attached hydrogen (secondary N) is 1. The molecule has 0 unspecified atom stereocenters. The zero-order valence-corrected chi connectivity index (χ0v) is 17.0. The number of benzene rings is 2. The molecule has 1 saturated heterocycles. The first kappa shape index (κ1) is 20.4. The van der Waals surface area contributed by atoms with Gasteiger partial charge in [0.05, 0.1) is 13.2 Å². The van der Waals surface area contributed by atoms with Crippen LogP contribution in [0.2, 0.25) is 0 Å². The number of urea groups is 1. The van der Waals surface area contributed by atoms with Crippen molar-refractivity contribution in [2.24, 2.45) is 0 Å². The molecule has 2 amide bonds. The molecule has 0 aliphatic carbocycles. The zero-order chi connectivity index (χ0) is 19.8. The van der Waals surface area contributed by atoms with Gasteiger partial charge < -0.3 is 15.0 Å². The quantitative estimate of drug-likeness (QED) is 0.799. The lowest BCUT2D eigenvalue weighted by Crippen LogP contribution is -2.37. The van der Waals surface area contributed by atoms with Gasteiger partial charge in [-0.15, -0.1) is 0 Å². The molecule has 0 aromatic heterocycles. The van der Waals surface area contributed by atoms with Gasteiger partial charge in [0.15, 0.2) is 0 Å². The SMILES string of the molecule is CCc1ccc(CN(C)C(=O)NCc2ccccc2CN2CCOCC2)cc1. The molecule has 5 heteroatoms. The van der Waals surface area contributed by atoms with Gasteiger partial charge in [0, 0.05) is 39.8 Å². The van der Waals surface area contributed by atoms with Crippen LogP contribution in [-0.4, -0.2) is 49.2 Å². The monoisotopic (exact) mass is 381 g/mol. The van der Waals surface area contributed by atoms with Crippen LogP contribution in [0.1, 0.15) is 29.2 Å². The summed E-state index contributed by atoms with van der Waals surface area (Å²) >= 11 is 0. The minimum atomic E-state index is -0.0549. The summed E-state index contributed by atoms with van der Waals surface area (Å²) < 4.78 is 5.43. The molecule has 0 bridgehead atoms. The van der Waals surface area contributed by atoms with Crippen LogP contribution in [-0.2, 0) is 30.8 Å². The van der Waals surface area contributed by atoms with Crippen LogP contribution in [0.15, 0.2) is 48.5 Å². The molecule has 28 heavy (non-hydrogen) atoms. The summed E-state index contributed by atoms with van der Waals surface area (Å²) in [7, 11) is 1.84. The van der Waals surface area contributed by atoms with E-state index in [-0.39, 0.29) is 6.03 Å². The Morgan fingerprint density at radius 3 is 2.36 bits per heavy atom. The number of carbonyl (C=O) groups excluding carboxylic acids is 1. The lowest BCUT2D eigenvalue weighted by molar-refractivity contribution is 0.0341. The maximum atomic E-state index is 12.5. The van der Waals surface area contributed by atoms with E-state index in [9.17, 15) is 4.79 Å². The Hall–Kier alpha value is -2.37. The van der Waals surface area contributed by atoms with E-state index in [1.54, 1.807) is 4.90 Å². The minimum Gasteiger partial charge on any atom is -0.379 e. The van der Waals surface area contributed by atoms with Crippen molar-refractivity contribution in [1.29, 1.82) is 0 Å². The van der Waals surface area contributed by atoms with Gasteiger partial charge in [0.25, 0.3) is 0 Å². The Kier molecular flexibility index (Phi) is 7.46. The van der Waals surface area contributed by atoms with Crippen molar-refractivity contribution >= 4 is 6.03 Å². The highest BCUT2D eigenvalue weighted by atomic mass is 16.5. The second-order valence-electron chi connectivity index (χ2n) is 7.34. The lowest BCUT2D eigenvalue weighted by Gasteiger charge is -2.27. The Labute approximate surface area is 168 Å². The fourth-order valence-corrected chi connectivity index (χ4v) is 3.42. The molecule has 1 aliphatic rings. The van der Waals surface area contributed by atoms with E-state index in [0.717, 1.165) is 44.8 Å². The number of hydrogen-bond donors (Lipinski definition) is 1. The maximum Gasteiger partial charge on any atom is 0.317 e. The van der Waals surface area contributed by atoms with Crippen molar-refractivity contribution in [3.8, 4) is 0 Å². The molecule has 0 saturated carbocycles. The van der Waals surface area contributed by atoms with Crippen LogP contribution < -0.4 is 5.32 Å². The third-order valence-electron chi connectivity index (χ3n) is 5.24. The van der Waals surface area contributed by atoms with Crippen LogP contribution in [0, 0.1) is 0 Å². The van der Waals surface area contributed by atoms with Gasteiger partial charge in [-0.25, -0.2) is 4.79 Å². The van der Waals surface area contributed by atoms with Gasteiger partial charge in [-0.3, -0.25) is 4.90 Å². The number of rotatable bonds is 7. The maximum absolute atomic E-state index is 12.5. The third-order valence-corrected chi connectivity index (χ3v) is 5.24. The summed E-state index contributed by atoms with van der Waals surface area (Å²) in [6, 6.07) is 16.7. The number of ether oxygens (including phenoxy) is 1. The highest BCUT2D eigenvalue weighted by molar-refractivity contribution is 5.73. The molecule has 1 heterocycles. The van der Waals surface area contributed by atoms with Crippen LogP contribution in [0.25, 0.3) is 0 Å². The van der Waals surface area contributed by atoms with E-state index in [2.05, 4.69) is 59.6 Å². The fraction of sp³-hybridized carbons (Fsp3) is 0.435. The fourth-order valence-electron chi connectivity index (χ4n) is 3.42. The van der Waals surface area contributed by atoms with Crippen LogP contribution in [0.5, 0.6) is 0 Å². The summed E-state index contributed by atoms with van der Waals surface area (Å²) in [6.07, 6.45) is 1.03. The zero-order valence-electron chi connectivity index (χ0n) is 17.0. The highest BCUT2D eigenvalue weighted by Gasteiger charge is 2.14. The van der Waals surface area contributed by atoms with E-state index < -0.39 is 0 Å². The summed E-state index contributed by atoms with van der Waals surface area (Å²) in [5.41, 5.74) is 4.89. The predicted molar refractivity (Wildman–Crippen MR) is 112 cm³/mol. The number of amides is 2. The predicted octanol–water partition coefficient (Wildman–Crippen LogP) is 3.42. The van der Waals surface area contributed by atoms with E-state index in [1.807, 2.05) is 13.1 Å². The molecule has 1 fully saturated rings. The van der Waals surface area contributed by atoms with Crippen molar-refractivity contribution < 1.29 is 9.53 Å². The lowest BCUT2D eigenvalue weighted by atomic mass is 10.1. The molecule has 0 atom stereocenters. The Morgan fingerprint density at radius 2 is 1.68 bits per heavy atom. The molecular weight excluding hydrogens is 350 g/mol. The first-order valence-electron chi connectivity index (χ1n) is 10.1. The van der Waals surface area contributed by atoms with Crippen molar-refractivity contribution in [3.05, 3.63) is 70.8 Å². The Morgan fingerprint density at radius 1 is 1.04 bits per heavy atom. The third kappa shape index (κ3) is 5.81. The number of nitrogens with zero attached hydrogens (tertiary/aromatic N) is 2. The second kappa shape index (κ2) is 10.2. The first-order valence-corrected chi connectivity index (χ1v) is 10.1. The molecule has 2 aromatic carbocycles. The summed E-state index contributed by atoms with van der Waals surface area (Å²) in [4.78, 5) is 16.7. The van der Waals surface area contributed by atoms with Crippen molar-refractivity contribution in [1.82, 2.24) is 15.1 Å². The van der Waals surface area contributed by atoms with E-state index in [0.29, 0.717) is 13.1 Å². The molecular formula is C23H31N3O2. The normalized spacial score (nSPS) is 14.6. The summed E-state index contributed by atoms with van der Waals surface area (Å²) in [6.45, 7) is 7.69. The van der Waals surface area contributed by atoms with E-state index in [4.69, 9.17) is 4.74 Å². The molecule has 0 spiro atoms.